The number of carbonyl (C=O) groups excluding carboxylic acids is 2. The Bertz CT molecular complexity index is 747. The molecule has 0 radical (unpaired) electrons. The summed E-state index contributed by atoms with van der Waals surface area (Å²) >= 11 is 6.06. The number of halogens is 1. The SMILES string of the molecule is COC(=O)c1ccccc1NC(=O)CCNc1cccc(Cl)c1C. The zero-order valence-corrected chi connectivity index (χ0v) is 14.3. The number of para-hydroxylation sites is 1. The minimum Gasteiger partial charge on any atom is -0.465 e. The number of nitrogens with one attached hydrogen (secondary N) is 2. The van der Waals surface area contributed by atoms with Gasteiger partial charge in [-0.25, -0.2) is 4.79 Å². The standard InChI is InChI=1S/C18H19ClN2O3/c1-12-14(19)7-5-9-15(12)20-11-10-17(22)21-16-8-4-3-6-13(16)18(23)24-2/h3-9,20H,10-11H2,1-2H3,(H,21,22). The van der Waals surface area contributed by atoms with Crippen molar-refractivity contribution in [2.45, 2.75) is 13.3 Å². The Morgan fingerprint density at radius 3 is 2.54 bits per heavy atom. The van der Waals surface area contributed by atoms with Crippen LogP contribution >= 0.6 is 11.6 Å². The van der Waals surface area contributed by atoms with E-state index in [-0.39, 0.29) is 12.3 Å². The lowest BCUT2D eigenvalue weighted by Gasteiger charge is -2.12. The predicted octanol–water partition coefficient (Wildman–Crippen LogP) is 3.88. The predicted molar refractivity (Wildman–Crippen MR) is 95.7 cm³/mol. The van der Waals surface area contributed by atoms with Gasteiger partial charge in [-0.05, 0) is 36.8 Å². The number of anilines is 2. The first-order valence-electron chi connectivity index (χ1n) is 7.49. The van der Waals surface area contributed by atoms with Crippen molar-refractivity contribution in [1.29, 1.82) is 0 Å². The number of rotatable bonds is 6. The largest absolute Gasteiger partial charge is 0.465 e. The molecule has 0 saturated carbocycles. The van der Waals surface area contributed by atoms with Crippen molar-refractivity contribution in [3.8, 4) is 0 Å². The van der Waals surface area contributed by atoms with Gasteiger partial charge in [0, 0.05) is 23.7 Å². The molecule has 0 aromatic heterocycles. The second kappa shape index (κ2) is 8.36. The molecule has 0 spiro atoms. The Hall–Kier alpha value is -2.53. The smallest absolute Gasteiger partial charge is 0.339 e. The number of amides is 1. The zero-order chi connectivity index (χ0) is 17.5. The molecule has 0 aliphatic carbocycles. The van der Waals surface area contributed by atoms with Gasteiger partial charge in [-0.15, -0.1) is 0 Å². The van der Waals surface area contributed by atoms with Crippen LogP contribution < -0.4 is 10.6 Å². The van der Waals surface area contributed by atoms with Crippen molar-refractivity contribution in [3.63, 3.8) is 0 Å². The van der Waals surface area contributed by atoms with Gasteiger partial charge in [0.1, 0.15) is 0 Å². The van der Waals surface area contributed by atoms with E-state index >= 15 is 0 Å². The van der Waals surface area contributed by atoms with Crippen molar-refractivity contribution in [2.75, 3.05) is 24.3 Å². The molecule has 2 rings (SSSR count). The van der Waals surface area contributed by atoms with Crippen LogP contribution in [-0.2, 0) is 9.53 Å². The Morgan fingerprint density at radius 2 is 1.79 bits per heavy atom. The number of carbonyl (C=O) groups is 2. The van der Waals surface area contributed by atoms with Crippen molar-refractivity contribution in [3.05, 3.63) is 58.6 Å². The molecule has 0 heterocycles. The van der Waals surface area contributed by atoms with E-state index in [1.54, 1.807) is 24.3 Å². The highest BCUT2D eigenvalue weighted by Crippen LogP contribution is 2.23. The van der Waals surface area contributed by atoms with Crippen LogP contribution in [-0.4, -0.2) is 25.5 Å². The molecule has 5 nitrogen and oxygen atoms in total. The fourth-order valence-electron chi connectivity index (χ4n) is 2.20. The highest BCUT2D eigenvalue weighted by molar-refractivity contribution is 6.31. The first-order chi connectivity index (χ1) is 11.5. The van der Waals surface area contributed by atoms with Gasteiger partial charge in [-0.1, -0.05) is 29.8 Å². The molecule has 0 unspecified atom stereocenters. The molecule has 0 fully saturated rings. The van der Waals surface area contributed by atoms with E-state index in [0.29, 0.717) is 22.8 Å². The third-order valence-electron chi connectivity index (χ3n) is 3.54. The average Bonchev–Trinajstić information content (AvgIpc) is 2.58. The van der Waals surface area contributed by atoms with Crippen LogP contribution in [0.3, 0.4) is 0 Å². The minimum absolute atomic E-state index is 0.196. The molecule has 0 atom stereocenters. The maximum Gasteiger partial charge on any atom is 0.339 e. The van der Waals surface area contributed by atoms with Crippen molar-refractivity contribution in [1.82, 2.24) is 0 Å². The third-order valence-corrected chi connectivity index (χ3v) is 3.95. The molecule has 2 aromatic carbocycles. The van der Waals surface area contributed by atoms with Gasteiger partial charge in [0.2, 0.25) is 5.91 Å². The minimum atomic E-state index is -0.487. The monoisotopic (exact) mass is 346 g/mol. The van der Waals surface area contributed by atoms with Gasteiger partial charge in [0.05, 0.1) is 18.4 Å². The quantitative estimate of drug-likeness (QED) is 0.779. The lowest BCUT2D eigenvalue weighted by atomic mass is 10.1. The van der Waals surface area contributed by atoms with Gasteiger partial charge in [-0.3, -0.25) is 4.79 Å². The van der Waals surface area contributed by atoms with E-state index < -0.39 is 5.97 Å². The molecule has 2 N–H and O–H groups in total. The number of ether oxygens (including phenoxy) is 1. The van der Waals surface area contributed by atoms with Gasteiger partial charge in [0.25, 0.3) is 0 Å². The molecule has 0 aliphatic rings. The first-order valence-corrected chi connectivity index (χ1v) is 7.87. The molecule has 0 bridgehead atoms. The molecule has 24 heavy (non-hydrogen) atoms. The maximum atomic E-state index is 12.1. The second-order valence-electron chi connectivity index (χ2n) is 5.17. The maximum absolute atomic E-state index is 12.1. The number of hydrogen-bond donors (Lipinski definition) is 2. The Morgan fingerprint density at radius 1 is 1.08 bits per heavy atom. The van der Waals surface area contributed by atoms with E-state index in [4.69, 9.17) is 16.3 Å². The van der Waals surface area contributed by atoms with Crippen molar-refractivity contribution >= 4 is 34.9 Å². The summed E-state index contributed by atoms with van der Waals surface area (Å²) in [5.41, 5.74) is 2.60. The molecular formula is C18H19ClN2O3. The number of esters is 1. The molecule has 0 saturated heterocycles. The van der Waals surface area contributed by atoms with Gasteiger partial charge in [0.15, 0.2) is 0 Å². The fourth-order valence-corrected chi connectivity index (χ4v) is 2.38. The fraction of sp³-hybridized carbons (Fsp3) is 0.222. The topological polar surface area (TPSA) is 67.4 Å². The van der Waals surface area contributed by atoms with E-state index in [2.05, 4.69) is 10.6 Å². The number of methoxy groups -OCH3 is 1. The number of hydrogen-bond acceptors (Lipinski definition) is 4. The Kier molecular flexibility index (Phi) is 6.21. The van der Waals surface area contributed by atoms with Crippen molar-refractivity contribution in [2.24, 2.45) is 0 Å². The lowest BCUT2D eigenvalue weighted by molar-refractivity contribution is -0.115. The summed E-state index contributed by atoms with van der Waals surface area (Å²) in [4.78, 5) is 23.8. The summed E-state index contributed by atoms with van der Waals surface area (Å²) < 4.78 is 4.71. The third kappa shape index (κ3) is 4.49. The van der Waals surface area contributed by atoms with Crippen LogP contribution in [0.25, 0.3) is 0 Å². The van der Waals surface area contributed by atoms with Crippen LogP contribution in [0.15, 0.2) is 42.5 Å². The number of benzene rings is 2. The molecular weight excluding hydrogens is 328 g/mol. The normalized spacial score (nSPS) is 10.1. The average molecular weight is 347 g/mol. The van der Waals surface area contributed by atoms with Crippen LogP contribution in [0.5, 0.6) is 0 Å². The Labute approximate surface area is 146 Å². The van der Waals surface area contributed by atoms with Crippen LogP contribution in [0.4, 0.5) is 11.4 Å². The molecule has 126 valence electrons. The van der Waals surface area contributed by atoms with E-state index in [9.17, 15) is 9.59 Å². The molecule has 1 amide bonds. The van der Waals surface area contributed by atoms with Gasteiger partial charge >= 0.3 is 5.97 Å². The van der Waals surface area contributed by atoms with Gasteiger partial charge < -0.3 is 15.4 Å². The highest BCUT2D eigenvalue weighted by Gasteiger charge is 2.13. The molecule has 2 aromatic rings. The summed E-state index contributed by atoms with van der Waals surface area (Å²) in [6.45, 7) is 2.37. The van der Waals surface area contributed by atoms with Gasteiger partial charge in [-0.2, -0.15) is 0 Å². The van der Waals surface area contributed by atoms with E-state index in [0.717, 1.165) is 11.3 Å². The lowest BCUT2D eigenvalue weighted by Crippen LogP contribution is -2.18. The zero-order valence-electron chi connectivity index (χ0n) is 13.6. The van der Waals surface area contributed by atoms with Crippen molar-refractivity contribution < 1.29 is 14.3 Å². The first kappa shape index (κ1) is 17.8. The molecule has 6 heteroatoms. The summed E-state index contributed by atoms with van der Waals surface area (Å²) in [7, 11) is 1.30. The van der Waals surface area contributed by atoms with E-state index in [1.165, 1.54) is 7.11 Å². The van der Waals surface area contributed by atoms with Crippen LogP contribution in [0.1, 0.15) is 22.3 Å². The molecule has 0 aliphatic heterocycles. The summed E-state index contributed by atoms with van der Waals surface area (Å²) in [6.07, 6.45) is 0.251. The Balaban J connectivity index is 1.93. The van der Waals surface area contributed by atoms with Crippen LogP contribution in [0.2, 0.25) is 5.02 Å². The summed E-state index contributed by atoms with van der Waals surface area (Å²) in [6, 6.07) is 12.3. The van der Waals surface area contributed by atoms with Crippen LogP contribution in [0, 0.1) is 6.92 Å². The summed E-state index contributed by atoms with van der Waals surface area (Å²) in [5.74, 6) is -0.683. The second-order valence-corrected chi connectivity index (χ2v) is 5.58. The van der Waals surface area contributed by atoms with E-state index in [1.807, 2.05) is 25.1 Å². The summed E-state index contributed by atoms with van der Waals surface area (Å²) in [5, 5.41) is 6.59. The highest BCUT2D eigenvalue weighted by atomic mass is 35.5.